The molecule has 0 spiro atoms. The summed E-state index contributed by atoms with van der Waals surface area (Å²) in [6.07, 6.45) is 8.10. The molecule has 1 atom stereocenters. The summed E-state index contributed by atoms with van der Waals surface area (Å²) in [5.74, 6) is 0.195. The molecule has 2 N–H and O–H groups in total. The first-order valence-electron chi connectivity index (χ1n) is 12.9. The van der Waals surface area contributed by atoms with Gasteiger partial charge in [-0.2, -0.15) is 5.10 Å². The number of methoxy groups -OCH3 is 1. The molecule has 1 unspecified atom stereocenters. The molecule has 3 aromatic rings. The minimum absolute atomic E-state index is 0.0749. The van der Waals surface area contributed by atoms with Crippen molar-refractivity contribution >= 4 is 17.6 Å². The second-order valence-electron chi connectivity index (χ2n) is 9.78. The van der Waals surface area contributed by atoms with Gasteiger partial charge in [-0.1, -0.05) is 19.3 Å². The maximum Gasteiger partial charge on any atom is 0.305 e. The zero-order chi connectivity index (χ0) is 26.4. The summed E-state index contributed by atoms with van der Waals surface area (Å²) in [4.78, 5) is 25.0. The van der Waals surface area contributed by atoms with Gasteiger partial charge < -0.3 is 20.1 Å². The van der Waals surface area contributed by atoms with Crippen molar-refractivity contribution in [2.45, 2.75) is 51.5 Å². The number of carboxylic acids is 1. The molecule has 0 saturated heterocycles. The standard InChI is InChI=1S/C29H36N4O4/c1-20-26(19-33(31-20)24-13-15-25(37-3)16-14-24)28(21-7-5-4-6-8-21)30-23-11-9-22(10-12-23)29(36)32(2)18-17-27(34)35/h9-16,19,21,28,30H,4-8,17-18H2,1-3H3,(H,34,35). The smallest absolute Gasteiger partial charge is 0.305 e. The average molecular weight is 505 g/mol. The van der Waals surface area contributed by atoms with E-state index in [4.69, 9.17) is 14.9 Å². The van der Waals surface area contributed by atoms with Crippen molar-refractivity contribution in [3.63, 3.8) is 0 Å². The second kappa shape index (κ2) is 12.0. The van der Waals surface area contributed by atoms with Gasteiger partial charge in [0.2, 0.25) is 0 Å². The second-order valence-corrected chi connectivity index (χ2v) is 9.78. The van der Waals surface area contributed by atoms with E-state index in [1.807, 2.05) is 41.1 Å². The Labute approximate surface area is 218 Å². The first-order chi connectivity index (χ1) is 17.9. The van der Waals surface area contributed by atoms with E-state index in [0.717, 1.165) is 35.7 Å². The van der Waals surface area contributed by atoms with Crippen molar-refractivity contribution in [1.82, 2.24) is 14.7 Å². The highest BCUT2D eigenvalue weighted by Gasteiger charge is 2.28. The molecular weight excluding hydrogens is 468 g/mol. The Morgan fingerprint density at radius 1 is 1.11 bits per heavy atom. The molecule has 1 fully saturated rings. The first kappa shape index (κ1) is 26.3. The fourth-order valence-electron chi connectivity index (χ4n) is 5.04. The lowest BCUT2D eigenvalue weighted by Crippen LogP contribution is -2.29. The number of amides is 1. The number of nitrogens with one attached hydrogen (secondary N) is 1. The molecule has 1 amide bonds. The Hall–Kier alpha value is -3.81. The molecule has 0 aliphatic heterocycles. The predicted molar refractivity (Wildman–Crippen MR) is 143 cm³/mol. The number of aromatic nitrogens is 2. The summed E-state index contributed by atoms with van der Waals surface area (Å²) in [7, 11) is 3.28. The van der Waals surface area contributed by atoms with Crippen LogP contribution in [-0.4, -0.2) is 52.4 Å². The van der Waals surface area contributed by atoms with Gasteiger partial charge in [0.25, 0.3) is 5.91 Å². The van der Waals surface area contributed by atoms with Gasteiger partial charge in [-0.3, -0.25) is 9.59 Å². The third-order valence-electron chi connectivity index (χ3n) is 7.19. The number of carbonyl (C=O) groups excluding carboxylic acids is 1. The molecule has 1 aromatic heterocycles. The molecule has 196 valence electrons. The van der Waals surface area contributed by atoms with Gasteiger partial charge in [-0.05, 0) is 74.2 Å². The fourth-order valence-corrected chi connectivity index (χ4v) is 5.04. The zero-order valence-electron chi connectivity index (χ0n) is 21.8. The van der Waals surface area contributed by atoms with E-state index in [0.29, 0.717) is 11.5 Å². The number of aryl methyl sites for hydroxylation is 1. The average Bonchev–Trinajstić information content (AvgIpc) is 3.31. The first-order valence-corrected chi connectivity index (χ1v) is 12.9. The number of rotatable bonds is 10. The predicted octanol–water partition coefficient (Wildman–Crippen LogP) is 5.47. The van der Waals surface area contributed by atoms with Crippen LogP contribution >= 0.6 is 0 Å². The molecule has 1 aliphatic carbocycles. The maximum atomic E-state index is 12.7. The Bertz CT molecular complexity index is 1200. The number of anilines is 1. The molecule has 2 aromatic carbocycles. The van der Waals surface area contributed by atoms with E-state index < -0.39 is 5.97 Å². The number of hydrogen-bond acceptors (Lipinski definition) is 5. The molecule has 1 aliphatic rings. The van der Waals surface area contributed by atoms with E-state index in [2.05, 4.69) is 18.4 Å². The molecule has 37 heavy (non-hydrogen) atoms. The highest BCUT2D eigenvalue weighted by Crippen LogP contribution is 2.38. The lowest BCUT2D eigenvalue weighted by atomic mass is 9.81. The number of nitrogens with zero attached hydrogens (tertiary/aromatic N) is 3. The molecule has 4 rings (SSSR count). The van der Waals surface area contributed by atoms with E-state index in [-0.39, 0.29) is 24.9 Å². The lowest BCUT2D eigenvalue weighted by Gasteiger charge is -2.31. The minimum Gasteiger partial charge on any atom is -0.497 e. The molecule has 8 heteroatoms. The van der Waals surface area contributed by atoms with Gasteiger partial charge in [0.05, 0.1) is 31.0 Å². The van der Waals surface area contributed by atoms with E-state index in [1.165, 1.54) is 29.7 Å². The van der Waals surface area contributed by atoms with E-state index in [9.17, 15) is 9.59 Å². The summed E-state index contributed by atoms with van der Waals surface area (Å²) in [6.45, 7) is 2.23. The minimum atomic E-state index is -0.918. The number of hydrogen-bond donors (Lipinski definition) is 2. The Kier molecular flexibility index (Phi) is 8.48. The molecule has 0 bridgehead atoms. The SMILES string of the molecule is COc1ccc(-n2cc(C(Nc3ccc(C(=O)N(C)CCC(=O)O)cc3)C3CCCCC3)c(C)n2)cc1. The highest BCUT2D eigenvalue weighted by molar-refractivity contribution is 5.94. The summed E-state index contributed by atoms with van der Waals surface area (Å²) in [5, 5.41) is 17.5. The zero-order valence-corrected chi connectivity index (χ0v) is 21.8. The number of carbonyl (C=O) groups is 2. The van der Waals surface area contributed by atoms with Crippen LogP contribution in [0.25, 0.3) is 5.69 Å². The van der Waals surface area contributed by atoms with Crippen LogP contribution in [0.2, 0.25) is 0 Å². The van der Waals surface area contributed by atoms with E-state index >= 15 is 0 Å². The van der Waals surface area contributed by atoms with Crippen LogP contribution in [0.15, 0.2) is 54.7 Å². The third kappa shape index (κ3) is 6.50. The Morgan fingerprint density at radius 3 is 2.41 bits per heavy atom. The van der Waals surface area contributed by atoms with Gasteiger partial charge in [0.15, 0.2) is 0 Å². The van der Waals surface area contributed by atoms with Crippen molar-refractivity contribution in [2.24, 2.45) is 5.92 Å². The molecular formula is C29H36N4O4. The third-order valence-corrected chi connectivity index (χ3v) is 7.19. The quantitative estimate of drug-likeness (QED) is 0.380. The van der Waals surface area contributed by atoms with Crippen LogP contribution in [0, 0.1) is 12.8 Å². The van der Waals surface area contributed by atoms with Gasteiger partial charge in [0, 0.05) is 36.6 Å². The van der Waals surface area contributed by atoms with Crippen molar-refractivity contribution < 1.29 is 19.4 Å². The van der Waals surface area contributed by atoms with Crippen molar-refractivity contribution in [3.8, 4) is 11.4 Å². The molecule has 1 saturated carbocycles. The van der Waals surface area contributed by atoms with Crippen molar-refractivity contribution in [3.05, 3.63) is 71.5 Å². The lowest BCUT2D eigenvalue weighted by molar-refractivity contribution is -0.137. The number of aliphatic carboxylic acids is 1. The van der Waals surface area contributed by atoms with Gasteiger partial charge >= 0.3 is 5.97 Å². The fraction of sp³-hybridized carbons (Fsp3) is 0.414. The van der Waals surface area contributed by atoms with E-state index in [1.54, 1.807) is 26.3 Å². The van der Waals surface area contributed by atoms with Crippen molar-refractivity contribution in [1.29, 1.82) is 0 Å². The van der Waals surface area contributed by atoms with Crippen LogP contribution < -0.4 is 10.1 Å². The summed E-state index contributed by atoms with van der Waals surface area (Å²) >= 11 is 0. The van der Waals surface area contributed by atoms with Gasteiger partial charge in [0.1, 0.15) is 5.75 Å². The van der Waals surface area contributed by atoms with Crippen LogP contribution in [0.3, 0.4) is 0 Å². The van der Waals surface area contributed by atoms with Crippen LogP contribution in [0.1, 0.15) is 66.2 Å². The molecule has 8 nitrogen and oxygen atoms in total. The van der Waals surface area contributed by atoms with Crippen LogP contribution in [0.5, 0.6) is 5.75 Å². The molecule has 0 radical (unpaired) electrons. The number of carboxylic acid groups (broad SMARTS) is 1. The van der Waals surface area contributed by atoms with Gasteiger partial charge in [-0.15, -0.1) is 0 Å². The monoisotopic (exact) mass is 504 g/mol. The number of ether oxygens (including phenoxy) is 1. The normalized spacial score (nSPS) is 14.7. The Morgan fingerprint density at radius 2 is 1.78 bits per heavy atom. The van der Waals surface area contributed by atoms with Crippen LogP contribution in [-0.2, 0) is 4.79 Å². The summed E-state index contributed by atoms with van der Waals surface area (Å²) in [5.41, 5.74) is 4.63. The van der Waals surface area contributed by atoms with Crippen molar-refractivity contribution in [2.75, 3.05) is 26.0 Å². The topological polar surface area (TPSA) is 96.7 Å². The Balaban J connectivity index is 1.55. The summed E-state index contributed by atoms with van der Waals surface area (Å²) in [6, 6.07) is 15.4. The highest BCUT2D eigenvalue weighted by atomic mass is 16.5. The largest absolute Gasteiger partial charge is 0.497 e. The van der Waals surface area contributed by atoms with Gasteiger partial charge in [-0.25, -0.2) is 4.68 Å². The number of benzene rings is 2. The van der Waals surface area contributed by atoms with Crippen LogP contribution in [0.4, 0.5) is 5.69 Å². The summed E-state index contributed by atoms with van der Waals surface area (Å²) < 4.78 is 7.22. The molecule has 1 heterocycles. The maximum absolute atomic E-state index is 12.7.